The molecule has 0 aliphatic carbocycles. The van der Waals surface area contributed by atoms with Gasteiger partial charge in [0.15, 0.2) is 0 Å². The molecule has 3 aromatic rings. The van der Waals surface area contributed by atoms with Crippen molar-refractivity contribution in [3.05, 3.63) is 94.8 Å². The van der Waals surface area contributed by atoms with Crippen LogP contribution in [-0.4, -0.2) is 32.3 Å². The molecular formula is C23H22ClFN2O4S. The number of benzene rings is 3. The molecule has 9 heteroatoms. The van der Waals surface area contributed by atoms with E-state index in [-0.39, 0.29) is 13.1 Å². The van der Waals surface area contributed by atoms with Crippen LogP contribution in [0, 0.1) is 5.82 Å². The number of nitrogens with one attached hydrogen (secondary N) is 1. The number of hydrogen-bond acceptors (Lipinski definition) is 4. The summed E-state index contributed by atoms with van der Waals surface area (Å²) in [7, 11) is -2.78. The zero-order chi connectivity index (χ0) is 23.1. The zero-order valence-corrected chi connectivity index (χ0v) is 18.9. The molecule has 1 amide bonds. The standard InChI is InChI=1S/C23H22ClFN2O4S/c1-31-19-9-6-7-17(13-19)14-26-23(28)16-27(15-18-8-2-3-10-20(18)24)32(29,30)22-12-5-4-11-21(22)25/h2-13H,14-16H2,1H3,(H,26,28). The molecule has 0 saturated carbocycles. The van der Waals surface area contributed by atoms with Crippen molar-refractivity contribution in [2.75, 3.05) is 13.7 Å². The van der Waals surface area contributed by atoms with Crippen LogP contribution in [0.2, 0.25) is 5.02 Å². The molecule has 0 radical (unpaired) electrons. The topological polar surface area (TPSA) is 75.7 Å². The third-order valence-corrected chi connectivity index (χ3v) is 6.90. The molecule has 32 heavy (non-hydrogen) atoms. The summed E-state index contributed by atoms with van der Waals surface area (Å²) in [5, 5.41) is 3.04. The Bertz CT molecular complexity index is 1200. The number of nitrogens with zero attached hydrogens (tertiary/aromatic N) is 1. The minimum absolute atomic E-state index is 0.176. The predicted molar refractivity (Wildman–Crippen MR) is 120 cm³/mol. The van der Waals surface area contributed by atoms with Crippen LogP contribution in [0.15, 0.2) is 77.7 Å². The molecule has 0 aromatic heterocycles. The number of amides is 1. The monoisotopic (exact) mass is 476 g/mol. The molecule has 3 aromatic carbocycles. The molecule has 1 N–H and O–H groups in total. The van der Waals surface area contributed by atoms with E-state index in [1.54, 1.807) is 48.5 Å². The molecule has 0 heterocycles. The molecule has 0 fully saturated rings. The summed E-state index contributed by atoms with van der Waals surface area (Å²) in [6.07, 6.45) is 0. The Hall–Kier alpha value is -2.94. The lowest BCUT2D eigenvalue weighted by Crippen LogP contribution is -2.40. The lowest BCUT2D eigenvalue weighted by Gasteiger charge is -2.22. The summed E-state index contributed by atoms with van der Waals surface area (Å²) in [4.78, 5) is 12.1. The molecule has 168 valence electrons. The van der Waals surface area contributed by atoms with Crippen LogP contribution >= 0.6 is 11.6 Å². The highest BCUT2D eigenvalue weighted by atomic mass is 35.5. The summed E-state index contributed by atoms with van der Waals surface area (Å²) in [5.41, 5.74) is 1.28. The van der Waals surface area contributed by atoms with E-state index in [9.17, 15) is 17.6 Å². The Balaban J connectivity index is 1.83. The van der Waals surface area contributed by atoms with Gasteiger partial charge in [0.2, 0.25) is 15.9 Å². The van der Waals surface area contributed by atoms with Gasteiger partial charge in [-0.05, 0) is 41.5 Å². The van der Waals surface area contributed by atoms with E-state index < -0.39 is 33.2 Å². The number of methoxy groups -OCH3 is 1. The van der Waals surface area contributed by atoms with Crippen LogP contribution < -0.4 is 10.1 Å². The van der Waals surface area contributed by atoms with Gasteiger partial charge in [-0.3, -0.25) is 4.79 Å². The zero-order valence-electron chi connectivity index (χ0n) is 17.3. The van der Waals surface area contributed by atoms with E-state index in [1.165, 1.54) is 25.3 Å². The summed E-state index contributed by atoms with van der Waals surface area (Å²) in [5.74, 6) is -0.799. The minimum atomic E-state index is -4.32. The maximum Gasteiger partial charge on any atom is 0.246 e. The maximum atomic E-state index is 14.3. The number of ether oxygens (including phenoxy) is 1. The van der Waals surface area contributed by atoms with Gasteiger partial charge in [-0.1, -0.05) is 54.1 Å². The molecule has 0 atom stereocenters. The first kappa shape index (κ1) is 23.7. The Morgan fingerprint density at radius 2 is 1.78 bits per heavy atom. The quantitative estimate of drug-likeness (QED) is 0.506. The van der Waals surface area contributed by atoms with Crippen LogP contribution in [0.5, 0.6) is 5.75 Å². The molecular weight excluding hydrogens is 455 g/mol. The highest BCUT2D eigenvalue weighted by molar-refractivity contribution is 7.89. The van der Waals surface area contributed by atoms with Gasteiger partial charge in [0, 0.05) is 18.1 Å². The van der Waals surface area contributed by atoms with E-state index in [4.69, 9.17) is 16.3 Å². The van der Waals surface area contributed by atoms with Crippen molar-refractivity contribution >= 4 is 27.5 Å². The maximum absolute atomic E-state index is 14.3. The normalized spacial score (nSPS) is 11.4. The number of rotatable bonds is 9. The first-order chi connectivity index (χ1) is 15.3. The lowest BCUT2D eigenvalue weighted by molar-refractivity contribution is -0.121. The number of carbonyl (C=O) groups is 1. The van der Waals surface area contributed by atoms with E-state index in [0.29, 0.717) is 16.3 Å². The van der Waals surface area contributed by atoms with Gasteiger partial charge in [0.1, 0.15) is 16.5 Å². The third kappa shape index (κ3) is 5.85. The van der Waals surface area contributed by atoms with Gasteiger partial charge in [-0.15, -0.1) is 0 Å². The molecule has 0 saturated heterocycles. The first-order valence-electron chi connectivity index (χ1n) is 9.69. The fourth-order valence-electron chi connectivity index (χ4n) is 3.03. The number of hydrogen-bond donors (Lipinski definition) is 1. The van der Waals surface area contributed by atoms with Gasteiger partial charge in [0.05, 0.1) is 13.7 Å². The Kier molecular flexibility index (Phi) is 7.84. The molecule has 0 aliphatic heterocycles. The lowest BCUT2D eigenvalue weighted by atomic mass is 10.2. The summed E-state index contributed by atoms with van der Waals surface area (Å²) in [6.45, 7) is -0.523. The minimum Gasteiger partial charge on any atom is -0.497 e. The Morgan fingerprint density at radius 1 is 1.06 bits per heavy atom. The van der Waals surface area contributed by atoms with E-state index in [0.717, 1.165) is 15.9 Å². The van der Waals surface area contributed by atoms with Gasteiger partial charge >= 0.3 is 0 Å². The SMILES string of the molecule is COc1cccc(CNC(=O)CN(Cc2ccccc2Cl)S(=O)(=O)c2ccccc2F)c1. The van der Waals surface area contributed by atoms with Crippen molar-refractivity contribution in [1.29, 1.82) is 0 Å². The van der Waals surface area contributed by atoms with E-state index in [2.05, 4.69) is 5.32 Å². The van der Waals surface area contributed by atoms with Gasteiger partial charge in [-0.2, -0.15) is 4.31 Å². The molecule has 6 nitrogen and oxygen atoms in total. The number of sulfonamides is 1. The smallest absolute Gasteiger partial charge is 0.246 e. The molecule has 0 bridgehead atoms. The highest BCUT2D eigenvalue weighted by Gasteiger charge is 2.29. The average Bonchev–Trinajstić information content (AvgIpc) is 2.79. The van der Waals surface area contributed by atoms with Gasteiger partial charge < -0.3 is 10.1 Å². The van der Waals surface area contributed by atoms with E-state index >= 15 is 0 Å². The van der Waals surface area contributed by atoms with Crippen LogP contribution in [0.3, 0.4) is 0 Å². The summed E-state index contributed by atoms with van der Waals surface area (Å²) in [6, 6.07) is 18.9. The fourth-order valence-corrected chi connectivity index (χ4v) is 4.67. The van der Waals surface area contributed by atoms with Crippen LogP contribution in [0.25, 0.3) is 0 Å². The molecule has 3 rings (SSSR count). The number of halogens is 2. The van der Waals surface area contributed by atoms with Crippen molar-refractivity contribution in [2.24, 2.45) is 0 Å². The summed E-state index contributed by atoms with van der Waals surface area (Å²) < 4.78 is 46.8. The number of carbonyl (C=O) groups excluding carboxylic acids is 1. The third-order valence-electron chi connectivity index (χ3n) is 4.70. The molecule has 0 aliphatic rings. The largest absolute Gasteiger partial charge is 0.497 e. The van der Waals surface area contributed by atoms with Crippen LogP contribution in [0.4, 0.5) is 4.39 Å². The predicted octanol–water partition coefficient (Wildman–Crippen LogP) is 4.00. The Morgan fingerprint density at radius 3 is 2.50 bits per heavy atom. The van der Waals surface area contributed by atoms with Crippen molar-refractivity contribution in [3.63, 3.8) is 0 Å². The fraction of sp³-hybridized carbons (Fsp3) is 0.174. The second-order valence-electron chi connectivity index (χ2n) is 6.92. The highest BCUT2D eigenvalue weighted by Crippen LogP contribution is 2.24. The molecule has 0 unspecified atom stereocenters. The van der Waals surface area contributed by atoms with Gasteiger partial charge in [-0.25, -0.2) is 12.8 Å². The first-order valence-corrected chi connectivity index (χ1v) is 11.5. The average molecular weight is 477 g/mol. The molecule has 0 spiro atoms. The Labute approximate surface area is 191 Å². The van der Waals surface area contributed by atoms with Crippen LogP contribution in [-0.2, 0) is 27.9 Å². The second-order valence-corrected chi connectivity index (χ2v) is 9.24. The van der Waals surface area contributed by atoms with Crippen LogP contribution in [0.1, 0.15) is 11.1 Å². The summed E-state index contributed by atoms with van der Waals surface area (Å²) >= 11 is 6.19. The van der Waals surface area contributed by atoms with E-state index in [1.807, 2.05) is 0 Å². The van der Waals surface area contributed by atoms with Crippen molar-refractivity contribution in [2.45, 2.75) is 18.0 Å². The van der Waals surface area contributed by atoms with Crippen molar-refractivity contribution in [1.82, 2.24) is 9.62 Å². The van der Waals surface area contributed by atoms with Gasteiger partial charge in [0.25, 0.3) is 0 Å². The van der Waals surface area contributed by atoms with Crippen molar-refractivity contribution < 1.29 is 22.3 Å². The van der Waals surface area contributed by atoms with Crippen molar-refractivity contribution in [3.8, 4) is 5.75 Å². The second kappa shape index (κ2) is 10.6.